The second-order valence-electron chi connectivity index (χ2n) is 5.72. The van der Waals surface area contributed by atoms with Crippen LogP contribution in [0, 0.1) is 18.7 Å². The zero-order valence-corrected chi connectivity index (χ0v) is 16.2. The summed E-state index contributed by atoms with van der Waals surface area (Å²) in [6, 6.07) is 5.23. The lowest BCUT2D eigenvalue weighted by Gasteiger charge is -2.11. The lowest BCUT2D eigenvalue weighted by Crippen LogP contribution is -2.39. The number of nitrogens with zero attached hydrogens (tertiary/aromatic N) is 1. The Morgan fingerprint density at radius 2 is 2.13 bits per heavy atom. The summed E-state index contributed by atoms with van der Waals surface area (Å²) < 4.78 is 19.1. The lowest BCUT2D eigenvalue weighted by atomic mass is 10.1. The Morgan fingerprint density at radius 3 is 2.78 bits per heavy atom. The molecule has 1 aliphatic rings. The molecule has 6 heteroatoms. The fraction of sp³-hybridized carbons (Fsp3) is 0.588. The first-order chi connectivity index (χ1) is 10.7. The zero-order valence-electron chi connectivity index (χ0n) is 13.9. The number of aliphatic imine (C=N–C) groups is 1. The predicted molar refractivity (Wildman–Crippen MR) is 103 cm³/mol. The zero-order chi connectivity index (χ0) is 15.8. The highest BCUT2D eigenvalue weighted by Gasteiger charge is 2.20. The fourth-order valence-electron chi connectivity index (χ4n) is 2.02. The van der Waals surface area contributed by atoms with Crippen molar-refractivity contribution in [1.29, 1.82) is 0 Å². The van der Waals surface area contributed by atoms with Crippen LogP contribution in [0.15, 0.2) is 23.2 Å². The maximum Gasteiger partial charge on any atom is 0.191 e. The Bertz CT molecular complexity index is 507. The number of halogens is 2. The molecule has 0 radical (unpaired) electrons. The average molecular weight is 435 g/mol. The second kappa shape index (κ2) is 10.8. The SMILES string of the molecule is CCNC(=NCc1ccc(C)c(F)c1)NCCOCC1CC1.I. The Labute approximate surface area is 155 Å². The van der Waals surface area contributed by atoms with Crippen LogP contribution in [0.3, 0.4) is 0 Å². The molecular formula is C17H27FIN3O. The summed E-state index contributed by atoms with van der Waals surface area (Å²) in [6.45, 7) is 7.30. The van der Waals surface area contributed by atoms with E-state index in [0.717, 1.165) is 37.1 Å². The van der Waals surface area contributed by atoms with Crippen molar-refractivity contribution in [3.05, 3.63) is 35.1 Å². The standard InChI is InChI=1S/C17H26FN3O.HI/c1-3-19-17(20-8-9-22-12-14-6-7-14)21-11-15-5-4-13(2)16(18)10-15;/h4-5,10,14H,3,6-9,11-12H2,1-2H3,(H2,19,20,21);1H. The molecule has 0 atom stereocenters. The smallest absolute Gasteiger partial charge is 0.191 e. The highest BCUT2D eigenvalue weighted by Crippen LogP contribution is 2.28. The number of benzene rings is 1. The van der Waals surface area contributed by atoms with Gasteiger partial charge in [-0.3, -0.25) is 0 Å². The minimum atomic E-state index is -0.181. The third-order valence-electron chi connectivity index (χ3n) is 3.59. The van der Waals surface area contributed by atoms with Gasteiger partial charge in [-0.15, -0.1) is 24.0 Å². The van der Waals surface area contributed by atoms with Gasteiger partial charge in [0.2, 0.25) is 0 Å². The van der Waals surface area contributed by atoms with Gasteiger partial charge in [-0.05, 0) is 49.8 Å². The summed E-state index contributed by atoms with van der Waals surface area (Å²) in [7, 11) is 0. The largest absolute Gasteiger partial charge is 0.379 e. The maximum absolute atomic E-state index is 13.5. The van der Waals surface area contributed by atoms with Crippen LogP contribution in [0.2, 0.25) is 0 Å². The van der Waals surface area contributed by atoms with Gasteiger partial charge in [-0.1, -0.05) is 12.1 Å². The quantitative estimate of drug-likeness (QED) is 0.285. The van der Waals surface area contributed by atoms with Crippen molar-refractivity contribution in [3.8, 4) is 0 Å². The molecule has 1 fully saturated rings. The van der Waals surface area contributed by atoms with Crippen LogP contribution in [0.5, 0.6) is 0 Å². The van der Waals surface area contributed by atoms with Crippen molar-refractivity contribution in [2.45, 2.75) is 33.2 Å². The van der Waals surface area contributed by atoms with E-state index in [-0.39, 0.29) is 29.8 Å². The van der Waals surface area contributed by atoms with Crippen LogP contribution in [0.1, 0.15) is 30.9 Å². The molecule has 1 aliphatic carbocycles. The van der Waals surface area contributed by atoms with Gasteiger partial charge in [0, 0.05) is 19.7 Å². The fourth-order valence-corrected chi connectivity index (χ4v) is 2.02. The molecule has 1 saturated carbocycles. The van der Waals surface area contributed by atoms with Crippen LogP contribution in [-0.2, 0) is 11.3 Å². The number of ether oxygens (including phenoxy) is 1. The Hall–Kier alpha value is -0.890. The van der Waals surface area contributed by atoms with E-state index in [9.17, 15) is 4.39 Å². The summed E-state index contributed by atoms with van der Waals surface area (Å²) in [5, 5.41) is 6.41. The molecule has 0 unspecified atom stereocenters. The average Bonchev–Trinajstić information content (AvgIpc) is 3.32. The molecule has 0 amide bonds. The first kappa shape index (κ1) is 20.2. The highest BCUT2D eigenvalue weighted by molar-refractivity contribution is 14.0. The topological polar surface area (TPSA) is 45.7 Å². The number of hydrogen-bond donors (Lipinski definition) is 2. The van der Waals surface area contributed by atoms with E-state index in [1.165, 1.54) is 12.8 Å². The molecule has 0 spiro atoms. The number of aryl methyl sites for hydroxylation is 1. The number of rotatable bonds is 8. The lowest BCUT2D eigenvalue weighted by molar-refractivity contribution is 0.129. The van der Waals surface area contributed by atoms with Gasteiger partial charge in [0.1, 0.15) is 5.82 Å². The van der Waals surface area contributed by atoms with Crippen LogP contribution < -0.4 is 10.6 Å². The number of guanidine groups is 1. The molecule has 0 heterocycles. The molecule has 130 valence electrons. The number of nitrogens with one attached hydrogen (secondary N) is 2. The van der Waals surface area contributed by atoms with Crippen molar-refractivity contribution in [1.82, 2.24) is 10.6 Å². The van der Waals surface area contributed by atoms with Crippen molar-refractivity contribution >= 4 is 29.9 Å². The van der Waals surface area contributed by atoms with E-state index < -0.39 is 0 Å². The molecule has 23 heavy (non-hydrogen) atoms. The first-order valence-electron chi connectivity index (χ1n) is 8.04. The molecular weight excluding hydrogens is 408 g/mol. The third kappa shape index (κ3) is 7.97. The molecule has 0 saturated heterocycles. The first-order valence-corrected chi connectivity index (χ1v) is 8.04. The van der Waals surface area contributed by atoms with Gasteiger partial charge in [0.25, 0.3) is 0 Å². The van der Waals surface area contributed by atoms with Crippen molar-refractivity contribution < 1.29 is 9.13 Å². The van der Waals surface area contributed by atoms with Gasteiger partial charge in [0.05, 0.1) is 13.2 Å². The minimum absolute atomic E-state index is 0. The van der Waals surface area contributed by atoms with Gasteiger partial charge in [0.15, 0.2) is 5.96 Å². The predicted octanol–water partition coefficient (Wildman–Crippen LogP) is 3.23. The highest BCUT2D eigenvalue weighted by atomic mass is 127. The molecule has 1 aromatic rings. The Balaban J connectivity index is 0.00000264. The van der Waals surface area contributed by atoms with Crippen molar-refractivity contribution in [2.75, 3.05) is 26.3 Å². The molecule has 0 aromatic heterocycles. The van der Waals surface area contributed by atoms with E-state index in [1.54, 1.807) is 19.1 Å². The van der Waals surface area contributed by atoms with E-state index >= 15 is 0 Å². The molecule has 2 rings (SSSR count). The van der Waals surface area contributed by atoms with Gasteiger partial charge < -0.3 is 15.4 Å². The normalized spacial score (nSPS) is 14.3. The summed E-state index contributed by atoms with van der Waals surface area (Å²) in [6.07, 6.45) is 2.62. The maximum atomic E-state index is 13.5. The summed E-state index contributed by atoms with van der Waals surface area (Å²) in [5.41, 5.74) is 1.52. The van der Waals surface area contributed by atoms with Gasteiger partial charge in [-0.2, -0.15) is 0 Å². The van der Waals surface area contributed by atoms with Crippen LogP contribution in [-0.4, -0.2) is 32.3 Å². The van der Waals surface area contributed by atoms with Gasteiger partial charge in [-0.25, -0.2) is 9.38 Å². The molecule has 1 aromatic carbocycles. The molecule has 0 bridgehead atoms. The summed E-state index contributed by atoms with van der Waals surface area (Å²) >= 11 is 0. The van der Waals surface area contributed by atoms with Crippen molar-refractivity contribution in [2.24, 2.45) is 10.9 Å². The molecule has 4 nitrogen and oxygen atoms in total. The van der Waals surface area contributed by atoms with Crippen molar-refractivity contribution in [3.63, 3.8) is 0 Å². The van der Waals surface area contributed by atoms with E-state index in [4.69, 9.17) is 4.74 Å². The Morgan fingerprint density at radius 1 is 1.35 bits per heavy atom. The Kier molecular flexibility index (Phi) is 9.47. The monoisotopic (exact) mass is 435 g/mol. The van der Waals surface area contributed by atoms with Crippen LogP contribution in [0.4, 0.5) is 4.39 Å². The van der Waals surface area contributed by atoms with Gasteiger partial charge >= 0.3 is 0 Å². The minimum Gasteiger partial charge on any atom is -0.379 e. The van der Waals surface area contributed by atoms with E-state index in [2.05, 4.69) is 15.6 Å². The van der Waals surface area contributed by atoms with Crippen LogP contribution in [0.25, 0.3) is 0 Å². The number of hydrogen-bond acceptors (Lipinski definition) is 2. The second-order valence-corrected chi connectivity index (χ2v) is 5.72. The van der Waals surface area contributed by atoms with E-state index in [1.807, 2.05) is 13.0 Å². The molecule has 0 aliphatic heterocycles. The summed E-state index contributed by atoms with van der Waals surface area (Å²) in [4.78, 5) is 4.47. The van der Waals surface area contributed by atoms with E-state index in [0.29, 0.717) is 18.7 Å². The third-order valence-corrected chi connectivity index (χ3v) is 3.59. The van der Waals surface area contributed by atoms with Crippen LogP contribution >= 0.6 is 24.0 Å². The molecule has 2 N–H and O–H groups in total. The summed E-state index contributed by atoms with van der Waals surface area (Å²) in [5.74, 6) is 1.34.